The van der Waals surface area contributed by atoms with Crippen molar-refractivity contribution < 1.29 is 13.9 Å². The van der Waals surface area contributed by atoms with Crippen LogP contribution < -0.4 is 14.4 Å². The van der Waals surface area contributed by atoms with Crippen LogP contribution in [0.2, 0.25) is 0 Å². The number of piperidine rings is 1. The highest BCUT2D eigenvalue weighted by Gasteiger charge is 2.26. The summed E-state index contributed by atoms with van der Waals surface area (Å²) in [5.41, 5.74) is 0.432. The normalized spacial score (nSPS) is 17.6. The zero-order valence-electron chi connectivity index (χ0n) is 13.8. The molecule has 1 aliphatic heterocycles. The summed E-state index contributed by atoms with van der Waals surface area (Å²) >= 11 is 0. The number of anilines is 1. The zero-order chi connectivity index (χ0) is 16.9. The minimum absolute atomic E-state index is 0.119. The number of ether oxygens (including phenoxy) is 2. The van der Waals surface area contributed by atoms with Crippen molar-refractivity contribution in [1.29, 1.82) is 0 Å². The van der Waals surface area contributed by atoms with Crippen LogP contribution in [0.1, 0.15) is 25.5 Å². The number of hydrogen-bond acceptors (Lipinski definition) is 7. The Kier molecular flexibility index (Phi) is 5.02. The van der Waals surface area contributed by atoms with E-state index >= 15 is 0 Å². The number of hydrogen-bond donors (Lipinski definition) is 0. The quantitative estimate of drug-likeness (QED) is 0.829. The molecule has 1 fully saturated rings. The molecule has 0 saturated carbocycles. The maximum atomic E-state index is 14.4. The Morgan fingerprint density at radius 1 is 1.25 bits per heavy atom. The Morgan fingerprint density at radius 3 is 2.75 bits per heavy atom. The zero-order valence-corrected chi connectivity index (χ0v) is 13.8. The molecule has 7 nitrogen and oxygen atoms in total. The van der Waals surface area contributed by atoms with E-state index < -0.39 is 0 Å². The van der Waals surface area contributed by atoms with Gasteiger partial charge in [-0.05, 0) is 19.3 Å². The predicted octanol–water partition coefficient (Wildman–Crippen LogP) is 2.02. The second-order valence-electron chi connectivity index (χ2n) is 5.55. The van der Waals surface area contributed by atoms with E-state index in [4.69, 9.17) is 9.47 Å². The van der Waals surface area contributed by atoms with Gasteiger partial charge in [0.1, 0.15) is 12.4 Å². The largest absolute Gasteiger partial charge is 0.494 e. The lowest BCUT2D eigenvalue weighted by Gasteiger charge is -2.33. The number of rotatable bonds is 5. The summed E-state index contributed by atoms with van der Waals surface area (Å²) in [6.45, 7) is 3.14. The van der Waals surface area contributed by atoms with Crippen LogP contribution in [0.3, 0.4) is 0 Å². The van der Waals surface area contributed by atoms with E-state index in [9.17, 15) is 4.39 Å². The van der Waals surface area contributed by atoms with Crippen LogP contribution in [0.5, 0.6) is 11.8 Å². The molecule has 0 aliphatic carbocycles. The monoisotopic (exact) mass is 333 g/mol. The van der Waals surface area contributed by atoms with Gasteiger partial charge < -0.3 is 14.4 Å². The molecule has 3 heterocycles. The molecule has 0 radical (unpaired) electrons. The van der Waals surface area contributed by atoms with Crippen LogP contribution in [0.15, 0.2) is 18.7 Å². The summed E-state index contributed by atoms with van der Waals surface area (Å²) in [6.07, 6.45) is 6.68. The van der Waals surface area contributed by atoms with Crippen LogP contribution in [0.25, 0.3) is 0 Å². The van der Waals surface area contributed by atoms with E-state index in [1.165, 1.54) is 6.33 Å². The van der Waals surface area contributed by atoms with Crippen molar-refractivity contribution in [3.63, 3.8) is 0 Å². The van der Waals surface area contributed by atoms with Crippen LogP contribution in [0.4, 0.5) is 10.2 Å². The number of aromatic nitrogens is 4. The van der Waals surface area contributed by atoms with Gasteiger partial charge in [0.2, 0.25) is 0 Å². The first-order chi connectivity index (χ1) is 11.7. The summed E-state index contributed by atoms with van der Waals surface area (Å²) in [5, 5.41) is 0. The van der Waals surface area contributed by atoms with Crippen LogP contribution >= 0.6 is 0 Å². The molecule has 0 bridgehead atoms. The highest BCUT2D eigenvalue weighted by Crippen LogP contribution is 2.24. The minimum Gasteiger partial charge on any atom is -0.494 e. The molecule has 24 heavy (non-hydrogen) atoms. The summed E-state index contributed by atoms with van der Waals surface area (Å²) in [5.74, 6) is 0.565. The van der Waals surface area contributed by atoms with Crippen LogP contribution in [-0.2, 0) is 6.42 Å². The standard InChI is InChI=1S/C16H20FN5O2/c1-3-13-14(17)15(21-10-20-13)22-6-4-5-11(9-22)24-16-18-7-12(23-2)8-19-16/h7-8,10-11H,3-6,9H2,1-2H3. The molecule has 0 spiro atoms. The first kappa shape index (κ1) is 16.4. The summed E-state index contributed by atoms with van der Waals surface area (Å²) < 4.78 is 25.3. The van der Waals surface area contributed by atoms with Crippen molar-refractivity contribution >= 4 is 5.82 Å². The third-order valence-corrected chi connectivity index (χ3v) is 3.97. The molecule has 1 saturated heterocycles. The summed E-state index contributed by atoms with van der Waals surface area (Å²) in [7, 11) is 1.55. The molecule has 2 aromatic heterocycles. The summed E-state index contributed by atoms with van der Waals surface area (Å²) in [6, 6.07) is 0.292. The molecule has 8 heteroatoms. The molecular weight excluding hydrogens is 313 g/mol. The molecular formula is C16H20FN5O2. The Morgan fingerprint density at radius 2 is 2.04 bits per heavy atom. The number of methoxy groups -OCH3 is 1. The fourth-order valence-electron chi connectivity index (χ4n) is 2.71. The van der Waals surface area contributed by atoms with Crippen molar-refractivity contribution in [1.82, 2.24) is 19.9 Å². The first-order valence-electron chi connectivity index (χ1n) is 7.98. The average molecular weight is 333 g/mol. The molecule has 3 rings (SSSR count). The molecule has 128 valence electrons. The lowest BCUT2D eigenvalue weighted by Crippen LogP contribution is -2.42. The summed E-state index contributed by atoms with van der Waals surface area (Å²) in [4.78, 5) is 18.2. The van der Waals surface area contributed by atoms with Gasteiger partial charge in [-0.25, -0.2) is 14.4 Å². The predicted molar refractivity (Wildman–Crippen MR) is 85.8 cm³/mol. The maximum Gasteiger partial charge on any atom is 0.316 e. The fourth-order valence-corrected chi connectivity index (χ4v) is 2.71. The number of halogens is 1. The van der Waals surface area contributed by atoms with Crippen molar-refractivity contribution in [2.24, 2.45) is 0 Å². The van der Waals surface area contributed by atoms with Crippen molar-refractivity contribution in [2.75, 3.05) is 25.1 Å². The third kappa shape index (κ3) is 3.52. The van der Waals surface area contributed by atoms with E-state index in [0.717, 1.165) is 19.4 Å². The number of aryl methyl sites for hydroxylation is 1. The van der Waals surface area contributed by atoms with Gasteiger partial charge in [0, 0.05) is 6.54 Å². The van der Waals surface area contributed by atoms with Crippen molar-refractivity contribution in [2.45, 2.75) is 32.3 Å². The van der Waals surface area contributed by atoms with Gasteiger partial charge in [-0.3, -0.25) is 0 Å². The van der Waals surface area contributed by atoms with Crippen molar-refractivity contribution in [3.8, 4) is 11.8 Å². The van der Waals surface area contributed by atoms with E-state index in [1.54, 1.807) is 19.5 Å². The topological polar surface area (TPSA) is 73.3 Å². The van der Waals surface area contributed by atoms with E-state index in [0.29, 0.717) is 36.2 Å². The lowest BCUT2D eigenvalue weighted by atomic mass is 10.1. The SMILES string of the molecule is CCc1ncnc(N2CCCC(Oc3ncc(OC)cn3)C2)c1F. The second-order valence-corrected chi connectivity index (χ2v) is 5.55. The lowest BCUT2D eigenvalue weighted by molar-refractivity contribution is 0.163. The second kappa shape index (κ2) is 7.37. The fraction of sp³-hybridized carbons (Fsp3) is 0.500. The van der Waals surface area contributed by atoms with Gasteiger partial charge in [0.05, 0.1) is 31.7 Å². The van der Waals surface area contributed by atoms with Gasteiger partial charge in [-0.15, -0.1) is 0 Å². The molecule has 1 aliphatic rings. The minimum atomic E-state index is -0.346. The molecule has 2 aromatic rings. The molecule has 1 atom stereocenters. The van der Waals surface area contributed by atoms with Gasteiger partial charge in [-0.2, -0.15) is 9.97 Å². The Hall–Kier alpha value is -2.51. The molecule has 1 unspecified atom stereocenters. The first-order valence-corrected chi connectivity index (χ1v) is 7.98. The molecule has 0 amide bonds. The maximum absolute atomic E-state index is 14.4. The van der Waals surface area contributed by atoms with E-state index in [2.05, 4.69) is 19.9 Å². The Labute approximate surface area is 139 Å². The highest BCUT2D eigenvalue weighted by atomic mass is 19.1. The average Bonchev–Trinajstić information content (AvgIpc) is 2.63. The van der Waals surface area contributed by atoms with Gasteiger partial charge in [0.15, 0.2) is 17.4 Å². The highest BCUT2D eigenvalue weighted by molar-refractivity contribution is 5.41. The smallest absolute Gasteiger partial charge is 0.316 e. The number of nitrogens with zero attached hydrogens (tertiary/aromatic N) is 5. The van der Waals surface area contributed by atoms with Crippen LogP contribution in [-0.4, -0.2) is 46.2 Å². The Bertz CT molecular complexity index is 683. The van der Waals surface area contributed by atoms with E-state index in [1.807, 2.05) is 11.8 Å². The van der Waals surface area contributed by atoms with Crippen molar-refractivity contribution in [3.05, 3.63) is 30.2 Å². The molecule has 0 aromatic carbocycles. The van der Waals surface area contributed by atoms with E-state index in [-0.39, 0.29) is 11.9 Å². The van der Waals surface area contributed by atoms with Gasteiger partial charge in [-0.1, -0.05) is 6.92 Å². The Balaban J connectivity index is 1.70. The van der Waals surface area contributed by atoms with Crippen LogP contribution in [0, 0.1) is 5.82 Å². The van der Waals surface area contributed by atoms with Gasteiger partial charge in [0.25, 0.3) is 0 Å². The molecule has 0 N–H and O–H groups in total. The third-order valence-electron chi connectivity index (χ3n) is 3.97. The van der Waals surface area contributed by atoms with Gasteiger partial charge >= 0.3 is 6.01 Å².